The van der Waals surface area contributed by atoms with Crippen LogP contribution in [0.3, 0.4) is 0 Å². The topological polar surface area (TPSA) is 24.4 Å². The van der Waals surface area contributed by atoms with Gasteiger partial charge in [-0.25, -0.2) is 0 Å². The van der Waals surface area contributed by atoms with Crippen LogP contribution in [-0.2, 0) is 0 Å². The second-order valence-electron chi connectivity index (χ2n) is 3.74. The van der Waals surface area contributed by atoms with Crippen molar-refractivity contribution in [3.63, 3.8) is 0 Å². The number of amidine groups is 1. The van der Waals surface area contributed by atoms with Crippen molar-refractivity contribution in [1.82, 2.24) is 5.32 Å². The average molecular weight is 321 g/mol. The maximum absolute atomic E-state index is 6.10. The Morgan fingerprint density at radius 3 is 2.83 bits per heavy atom. The molecular formula is C12H14Cl2N2S2. The third-order valence-electron chi connectivity index (χ3n) is 2.34. The molecular weight excluding hydrogens is 307 g/mol. The van der Waals surface area contributed by atoms with E-state index in [9.17, 15) is 0 Å². The van der Waals surface area contributed by atoms with Crippen molar-refractivity contribution < 1.29 is 0 Å². The fourth-order valence-electron chi connectivity index (χ4n) is 1.49. The second-order valence-corrected chi connectivity index (χ2v) is 6.80. The number of hydrogen-bond acceptors (Lipinski definition) is 4. The van der Waals surface area contributed by atoms with Crippen LogP contribution in [0.1, 0.15) is 6.42 Å². The van der Waals surface area contributed by atoms with Gasteiger partial charge in [0, 0.05) is 34.5 Å². The Kier molecular flexibility index (Phi) is 6.02. The molecule has 1 aliphatic heterocycles. The summed E-state index contributed by atoms with van der Waals surface area (Å²) in [5.41, 5.74) is 0. The molecule has 2 rings (SSSR count). The highest BCUT2D eigenvalue weighted by atomic mass is 35.5. The van der Waals surface area contributed by atoms with Gasteiger partial charge in [0.2, 0.25) is 0 Å². The molecule has 6 heteroatoms. The van der Waals surface area contributed by atoms with Crippen LogP contribution in [0.5, 0.6) is 0 Å². The zero-order valence-corrected chi connectivity index (χ0v) is 12.9. The van der Waals surface area contributed by atoms with Crippen molar-refractivity contribution in [1.29, 1.82) is 0 Å². The van der Waals surface area contributed by atoms with E-state index in [0.29, 0.717) is 0 Å². The fourth-order valence-corrected chi connectivity index (χ4v) is 3.89. The summed E-state index contributed by atoms with van der Waals surface area (Å²) in [7, 11) is 0. The lowest BCUT2D eigenvalue weighted by molar-refractivity contribution is 0.751. The molecule has 98 valence electrons. The minimum absolute atomic E-state index is 0.730. The van der Waals surface area contributed by atoms with Crippen LogP contribution in [0.2, 0.25) is 10.0 Å². The van der Waals surface area contributed by atoms with Gasteiger partial charge in [-0.1, -0.05) is 35.0 Å². The van der Waals surface area contributed by atoms with Gasteiger partial charge in [-0.3, -0.25) is 4.99 Å². The van der Waals surface area contributed by atoms with Crippen molar-refractivity contribution in [2.45, 2.75) is 11.3 Å². The Hall–Kier alpha value is -0.0300. The molecule has 0 fully saturated rings. The van der Waals surface area contributed by atoms with Gasteiger partial charge in [0.25, 0.3) is 0 Å². The highest BCUT2D eigenvalue weighted by Gasteiger charge is 2.05. The predicted octanol–water partition coefficient (Wildman–Crippen LogP) is 4.17. The quantitative estimate of drug-likeness (QED) is 0.665. The van der Waals surface area contributed by atoms with E-state index in [0.717, 1.165) is 51.1 Å². The fraction of sp³-hybridized carbons (Fsp3) is 0.417. The second kappa shape index (κ2) is 7.53. The third-order valence-corrected chi connectivity index (χ3v) is 5.29. The maximum Gasteiger partial charge on any atom is 0.156 e. The smallest absolute Gasteiger partial charge is 0.156 e. The molecule has 0 radical (unpaired) electrons. The molecule has 1 aromatic rings. The van der Waals surface area contributed by atoms with E-state index in [1.165, 1.54) is 0 Å². The lowest BCUT2D eigenvalue weighted by Crippen LogP contribution is -2.27. The van der Waals surface area contributed by atoms with Gasteiger partial charge in [-0.05, 0) is 24.6 Å². The van der Waals surface area contributed by atoms with E-state index in [-0.39, 0.29) is 0 Å². The van der Waals surface area contributed by atoms with E-state index < -0.39 is 0 Å². The molecule has 0 aliphatic carbocycles. The van der Waals surface area contributed by atoms with Crippen molar-refractivity contribution in [2.75, 3.05) is 24.6 Å². The summed E-state index contributed by atoms with van der Waals surface area (Å²) in [5.74, 6) is 2.00. The molecule has 0 unspecified atom stereocenters. The van der Waals surface area contributed by atoms with E-state index in [1.807, 2.05) is 18.2 Å². The Balaban J connectivity index is 1.74. The molecule has 0 saturated heterocycles. The monoisotopic (exact) mass is 320 g/mol. The lowest BCUT2D eigenvalue weighted by Gasteiger charge is -2.13. The number of benzene rings is 1. The van der Waals surface area contributed by atoms with Crippen LogP contribution in [0.4, 0.5) is 0 Å². The van der Waals surface area contributed by atoms with Gasteiger partial charge >= 0.3 is 0 Å². The minimum Gasteiger partial charge on any atom is -0.365 e. The summed E-state index contributed by atoms with van der Waals surface area (Å²) in [6.07, 6.45) is 1.14. The van der Waals surface area contributed by atoms with Crippen LogP contribution in [0, 0.1) is 0 Å². The Morgan fingerprint density at radius 1 is 1.22 bits per heavy atom. The van der Waals surface area contributed by atoms with E-state index in [4.69, 9.17) is 23.2 Å². The molecule has 0 amide bonds. The Bertz CT molecular complexity index is 438. The molecule has 0 atom stereocenters. The maximum atomic E-state index is 6.10. The SMILES string of the molecule is Clc1ccc(Cl)c(SCCSC2=NCCCN2)c1. The van der Waals surface area contributed by atoms with Gasteiger partial charge < -0.3 is 5.32 Å². The summed E-state index contributed by atoms with van der Waals surface area (Å²) in [5, 5.41) is 5.86. The molecule has 1 heterocycles. The van der Waals surface area contributed by atoms with E-state index >= 15 is 0 Å². The molecule has 1 aliphatic rings. The predicted molar refractivity (Wildman–Crippen MR) is 84.6 cm³/mol. The largest absolute Gasteiger partial charge is 0.365 e. The zero-order chi connectivity index (χ0) is 12.8. The summed E-state index contributed by atoms with van der Waals surface area (Å²) in [6.45, 7) is 1.99. The highest BCUT2D eigenvalue weighted by Crippen LogP contribution is 2.30. The molecule has 1 aromatic carbocycles. The zero-order valence-electron chi connectivity index (χ0n) is 9.79. The first kappa shape index (κ1) is 14.4. The van der Waals surface area contributed by atoms with Gasteiger partial charge in [0.1, 0.15) is 0 Å². The molecule has 0 bridgehead atoms. The van der Waals surface area contributed by atoms with Crippen molar-refractivity contribution in [2.24, 2.45) is 4.99 Å². The van der Waals surface area contributed by atoms with Crippen LogP contribution in [-0.4, -0.2) is 29.8 Å². The molecule has 1 N–H and O–H groups in total. The number of halogens is 2. The first-order chi connectivity index (χ1) is 8.75. The highest BCUT2D eigenvalue weighted by molar-refractivity contribution is 8.14. The Labute approximate surface area is 126 Å². The summed E-state index contributed by atoms with van der Waals surface area (Å²) >= 11 is 15.5. The normalized spacial score (nSPS) is 15.1. The summed E-state index contributed by atoms with van der Waals surface area (Å²) < 4.78 is 0. The molecule has 2 nitrogen and oxygen atoms in total. The third kappa shape index (κ3) is 4.57. The van der Waals surface area contributed by atoms with Gasteiger partial charge in [-0.15, -0.1) is 11.8 Å². The molecule has 18 heavy (non-hydrogen) atoms. The lowest BCUT2D eigenvalue weighted by atomic mass is 10.4. The Morgan fingerprint density at radius 2 is 2.06 bits per heavy atom. The van der Waals surface area contributed by atoms with Gasteiger partial charge in [0.15, 0.2) is 5.17 Å². The first-order valence-electron chi connectivity index (χ1n) is 5.74. The summed E-state index contributed by atoms with van der Waals surface area (Å²) in [6, 6.07) is 5.56. The number of thioether (sulfide) groups is 2. The van der Waals surface area contributed by atoms with Crippen molar-refractivity contribution >= 4 is 51.9 Å². The molecule has 0 spiro atoms. The van der Waals surface area contributed by atoms with Crippen molar-refractivity contribution in [3.8, 4) is 0 Å². The minimum atomic E-state index is 0.730. The number of rotatable bonds is 4. The molecule has 0 aromatic heterocycles. The van der Waals surface area contributed by atoms with Gasteiger partial charge in [-0.2, -0.15) is 0 Å². The molecule has 0 saturated carbocycles. The average Bonchev–Trinajstić information content (AvgIpc) is 2.40. The summed E-state index contributed by atoms with van der Waals surface area (Å²) in [4.78, 5) is 5.46. The van der Waals surface area contributed by atoms with E-state index in [2.05, 4.69) is 10.3 Å². The van der Waals surface area contributed by atoms with Gasteiger partial charge in [0.05, 0.1) is 5.02 Å². The van der Waals surface area contributed by atoms with Crippen molar-refractivity contribution in [3.05, 3.63) is 28.2 Å². The number of aliphatic imine (C=N–C) groups is 1. The number of nitrogens with zero attached hydrogens (tertiary/aromatic N) is 1. The number of nitrogens with one attached hydrogen (secondary N) is 1. The van der Waals surface area contributed by atoms with Crippen LogP contribution >= 0.6 is 46.7 Å². The first-order valence-corrected chi connectivity index (χ1v) is 8.47. The number of hydrogen-bond donors (Lipinski definition) is 1. The van der Waals surface area contributed by atoms with Crippen LogP contribution < -0.4 is 5.32 Å². The van der Waals surface area contributed by atoms with Crippen LogP contribution in [0.15, 0.2) is 28.1 Å². The van der Waals surface area contributed by atoms with Crippen LogP contribution in [0.25, 0.3) is 0 Å². The standard InChI is InChI=1S/C12H14Cl2N2S2/c13-9-2-3-10(14)11(8-9)17-6-7-18-12-15-4-1-5-16-12/h2-3,8H,1,4-7H2,(H,15,16). The van der Waals surface area contributed by atoms with E-state index in [1.54, 1.807) is 23.5 Å².